The molecule has 0 radical (unpaired) electrons. The van der Waals surface area contributed by atoms with E-state index in [1.54, 1.807) is 0 Å². The van der Waals surface area contributed by atoms with E-state index in [2.05, 4.69) is 0 Å². The van der Waals surface area contributed by atoms with Gasteiger partial charge in [0.25, 0.3) is 5.69 Å². The van der Waals surface area contributed by atoms with Crippen LogP contribution in [-0.4, -0.2) is 36.8 Å². The first-order valence-electron chi connectivity index (χ1n) is 7.83. The largest absolute Gasteiger partial charge is 0.368 e. The molecule has 0 spiro atoms. The monoisotopic (exact) mass is 362 g/mol. The van der Waals surface area contributed by atoms with Gasteiger partial charge in [0, 0.05) is 25.2 Å². The van der Waals surface area contributed by atoms with E-state index in [4.69, 9.17) is 4.74 Å². The number of benzene rings is 2. The molecule has 1 fully saturated rings. The van der Waals surface area contributed by atoms with Gasteiger partial charge >= 0.3 is 0 Å². The van der Waals surface area contributed by atoms with Crippen LogP contribution in [0.1, 0.15) is 18.6 Å². The lowest BCUT2D eigenvalue weighted by atomic mass is 10.1. The number of morpholine rings is 1. The van der Waals surface area contributed by atoms with Gasteiger partial charge in [-0.15, -0.1) is 0 Å². The van der Waals surface area contributed by atoms with Crippen LogP contribution in [-0.2, 0) is 14.8 Å². The molecule has 0 N–H and O–H groups in total. The molecule has 2 aromatic rings. The Hall–Kier alpha value is -2.29. The number of sulfonamides is 1. The van der Waals surface area contributed by atoms with Gasteiger partial charge in [-0.25, -0.2) is 8.42 Å². The molecular weight excluding hydrogens is 344 g/mol. The van der Waals surface area contributed by atoms with Crippen LogP contribution < -0.4 is 0 Å². The predicted molar refractivity (Wildman–Crippen MR) is 91.6 cm³/mol. The van der Waals surface area contributed by atoms with Crippen LogP contribution >= 0.6 is 0 Å². The van der Waals surface area contributed by atoms with Gasteiger partial charge in [-0.3, -0.25) is 10.1 Å². The highest BCUT2D eigenvalue weighted by Crippen LogP contribution is 2.29. The fraction of sp³-hybridized carbons (Fsp3) is 0.294. The van der Waals surface area contributed by atoms with Crippen LogP contribution in [0.2, 0.25) is 0 Å². The Morgan fingerprint density at radius 2 is 1.72 bits per heavy atom. The Kier molecular flexibility index (Phi) is 4.85. The molecule has 1 aliphatic heterocycles. The van der Waals surface area contributed by atoms with Gasteiger partial charge in [-0.2, -0.15) is 4.31 Å². The molecule has 0 aromatic heterocycles. The molecule has 7 nitrogen and oxygen atoms in total. The molecule has 0 unspecified atom stereocenters. The van der Waals surface area contributed by atoms with Crippen LogP contribution in [0.4, 0.5) is 5.69 Å². The summed E-state index contributed by atoms with van der Waals surface area (Å²) in [4.78, 5) is 10.2. The molecule has 8 heteroatoms. The van der Waals surface area contributed by atoms with Crippen LogP contribution in [0.5, 0.6) is 0 Å². The van der Waals surface area contributed by atoms with Gasteiger partial charge < -0.3 is 4.74 Å². The van der Waals surface area contributed by atoms with E-state index < -0.39 is 14.9 Å². The van der Waals surface area contributed by atoms with Crippen molar-refractivity contribution < 1.29 is 18.1 Å². The third kappa shape index (κ3) is 3.71. The quantitative estimate of drug-likeness (QED) is 0.616. The lowest BCUT2D eigenvalue weighted by Crippen LogP contribution is -2.45. The van der Waals surface area contributed by atoms with Crippen molar-refractivity contribution in [1.29, 1.82) is 0 Å². The number of ether oxygens (including phenoxy) is 1. The normalized spacial score (nSPS) is 21.8. The summed E-state index contributed by atoms with van der Waals surface area (Å²) in [7, 11) is -3.75. The lowest BCUT2D eigenvalue weighted by molar-refractivity contribution is -0.384. The summed E-state index contributed by atoms with van der Waals surface area (Å²) in [6.45, 7) is 2.27. The molecule has 2 aromatic carbocycles. The summed E-state index contributed by atoms with van der Waals surface area (Å²) in [6, 6.07) is 14.4. The number of hydrogen-bond donors (Lipinski definition) is 0. The topological polar surface area (TPSA) is 89.8 Å². The number of hydrogen-bond acceptors (Lipinski definition) is 5. The second kappa shape index (κ2) is 6.91. The second-order valence-corrected chi connectivity index (χ2v) is 7.86. The van der Waals surface area contributed by atoms with Gasteiger partial charge in [0.1, 0.15) is 0 Å². The zero-order chi connectivity index (χ0) is 18.0. The van der Waals surface area contributed by atoms with E-state index >= 15 is 0 Å². The number of nitro groups is 1. The molecule has 2 atom stereocenters. The van der Waals surface area contributed by atoms with E-state index in [1.807, 2.05) is 37.3 Å². The number of nitro benzene ring substituents is 1. The highest BCUT2D eigenvalue weighted by Gasteiger charge is 2.34. The molecule has 1 saturated heterocycles. The lowest BCUT2D eigenvalue weighted by Gasteiger charge is -2.36. The molecular formula is C17H18N2O5S. The maximum Gasteiger partial charge on any atom is 0.269 e. The molecule has 25 heavy (non-hydrogen) atoms. The van der Waals surface area contributed by atoms with Crippen LogP contribution in [0.25, 0.3) is 0 Å². The Bertz CT molecular complexity index is 852. The highest BCUT2D eigenvalue weighted by molar-refractivity contribution is 7.89. The SMILES string of the molecule is C[C@H]1CN(S(=O)(=O)c2ccc([N+](=O)[O-])cc2)C[C@H](c2ccccc2)O1. The standard InChI is InChI=1S/C17H18N2O5S/c1-13-11-18(12-17(24-13)14-5-3-2-4-6-14)25(22,23)16-9-7-15(8-10-16)19(20)21/h2-10,13,17H,11-12H2,1H3/t13-,17+/m0/s1. The molecule has 0 aliphatic carbocycles. The maximum atomic E-state index is 12.9. The van der Waals surface area contributed by atoms with Crippen molar-refractivity contribution in [3.63, 3.8) is 0 Å². The Morgan fingerprint density at radius 1 is 1.08 bits per heavy atom. The summed E-state index contributed by atoms with van der Waals surface area (Å²) in [5.41, 5.74) is 0.773. The molecule has 3 rings (SSSR count). The summed E-state index contributed by atoms with van der Waals surface area (Å²) in [5, 5.41) is 10.7. The van der Waals surface area contributed by atoms with E-state index in [-0.39, 0.29) is 35.9 Å². The van der Waals surface area contributed by atoms with Crippen molar-refractivity contribution in [2.45, 2.75) is 24.0 Å². The van der Waals surface area contributed by atoms with E-state index in [9.17, 15) is 18.5 Å². The summed E-state index contributed by atoms with van der Waals surface area (Å²) >= 11 is 0. The fourth-order valence-corrected chi connectivity index (χ4v) is 4.37. The molecule has 1 aliphatic rings. The average molecular weight is 362 g/mol. The van der Waals surface area contributed by atoms with Gasteiger partial charge in [-0.05, 0) is 24.6 Å². The summed E-state index contributed by atoms with van der Waals surface area (Å²) in [5.74, 6) is 0. The summed E-state index contributed by atoms with van der Waals surface area (Å²) in [6.07, 6.45) is -0.607. The highest BCUT2D eigenvalue weighted by atomic mass is 32.2. The fourth-order valence-electron chi connectivity index (χ4n) is 2.85. The Labute approximate surface area is 146 Å². The van der Waals surface area contributed by atoms with E-state index in [0.717, 1.165) is 5.56 Å². The minimum atomic E-state index is -3.75. The first-order chi connectivity index (χ1) is 11.9. The van der Waals surface area contributed by atoms with Crippen LogP contribution in [0.15, 0.2) is 59.5 Å². The second-order valence-electron chi connectivity index (χ2n) is 5.92. The van der Waals surface area contributed by atoms with Gasteiger partial charge in [0.15, 0.2) is 0 Å². The zero-order valence-corrected chi connectivity index (χ0v) is 14.4. The molecule has 0 amide bonds. The van der Waals surface area contributed by atoms with E-state index in [0.29, 0.717) is 0 Å². The molecule has 132 valence electrons. The van der Waals surface area contributed by atoms with Crippen molar-refractivity contribution in [2.24, 2.45) is 0 Å². The summed E-state index contributed by atoms with van der Waals surface area (Å²) < 4.78 is 33.0. The first-order valence-corrected chi connectivity index (χ1v) is 9.27. The van der Waals surface area contributed by atoms with Gasteiger partial charge in [0.2, 0.25) is 10.0 Å². The van der Waals surface area contributed by atoms with Crippen molar-refractivity contribution in [3.8, 4) is 0 Å². The van der Waals surface area contributed by atoms with Crippen LogP contribution in [0.3, 0.4) is 0 Å². The average Bonchev–Trinajstić information content (AvgIpc) is 2.62. The number of rotatable bonds is 4. The minimum Gasteiger partial charge on any atom is -0.368 e. The first kappa shape index (κ1) is 17.5. The van der Waals surface area contributed by atoms with Crippen molar-refractivity contribution in [2.75, 3.05) is 13.1 Å². The zero-order valence-electron chi connectivity index (χ0n) is 13.6. The van der Waals surface area contributed by atoms with Gasteiger partial charge in [0.05, 0.1) is 22.0 Å². The minimum absolute atomic E-state index is 0.0408. The van der Waals surface area contributed by atoms with Crippen molar-refractivity contribution in [3.05, 3.63) is 70.3 Å². The third-order valence-corrected chi connectivity index (χ3v) is 5.93. The molecule has 1 heterocycles. The van der Waals surface area contributed by atoms with Crippen LogP contribution in [0, 0.1) is 10.1 Å². The Morgan fingerprint density at radius 3 is 2.32 bits per heavy atom. The van der Waals surface area contributed by atoms with Crippen molar-refractivity contribution in [1.82, 2.24) is 4.31 Å². The van der Waals surface area contributed by atoms with E-state index in [1.165, 1.54) is 28.6 Å². The predicted octanol–water partition coefficient (Wildman–Crippen LogP) is 2.75. The van der Waals surface area contributed by atoms with Crippen molar-refractivity contribution >= 4 is 15.7 Å². The molecule has 0 bridgehead atoms. The maximum absolute atomic E-state index is 12.9. The molecule has 0 saturated carbocycles. The number of non-ortho nitro benzene ring substituents is 1. The number of nitrogens with zero attached hydrogens (tertiary/aromatic N) is 2. The smallest absolute Gasteiger partial charge is 0.269 e. The third-order valence-electron chi connectivity index (χ3n) is 4.08. The Balaban J connectivity index is 1.87. The van der Waals surface area contributed by atoms with Gasteiger partial charge in [-0.1, -0.05) is 30.3 Å².